The van der Waals surface area contributed by atoms with Crippen LogP contribution in [0.25, 0.3) is 16.9 Å². The maximum atomic E-state index is 13.0. The van der Waals surface area contributed by atoms with Crippen molar-refractivity contribution in [2.75, 3.05) is 5.32 Å². The fraction of sp³-hybridized carbons (Fsp3) is 0.0400. The van der Waals surface area contributed by atoms with Crippen molar-refractivity contribution in [3.8, 4) is 16.9 Å². The first kappa shape index (κ1) is 22.4. The van der Waals surface area contributed by atoms with Gasteiger partial charge in [-0.15, -0.1) is 0 Å². The lowest BCUT2D eigenvalue weighted by molar-refractivity contribution is -0.137. The average molecular weight is 468 g/mol. The molecule has 1 heterocycles. The Kier molecular flexibility index (Phi) is 6.33. The number of hydrogen-bond donors (Lipinski definition) is 1. The standard InChI is InChI=1S/C25H17ClF3N3O/c26-19-10-6-17(7-11-19)24-22(16-32(31-24)21-4-2-1-3-5-21)23(33)14-15-30-20-12-8-18(9-13-20)25(27,28)29/h1-16,30H/b15-14-. The second kappa shape index (κ2) is 9.34. The lowest BCUT2D eigenvalue weighted by Crippen LogP contribution is -2.04. The van der Waals surface area contributed by atoms with Gasteiger partial charge in [0.2, 0.25) is 0 Å². The van der Waals surface area contributed by atoms with Gasteiger partial charge in [-0.1, -0.05) is 41.9 Å². The fourth-order valence-electron chi connectivity index (χ4n) is 3.15. The van der Waals surface area contributed by atoms with Gasteiger partial charge in [-0.2, -0.15) is 18.3 Å². The van der Waals surface area contributed by atoms with Gasteiger partial charge in [-0.3, -0.25) is 4.79 Å². The summed E-state index contributed by atoms with van der Waals surface area (Å²) in [4.78, 5) is 13.0. The molecule has 1 aromatic heterocycles. The molecule has 0 aliphatic carbocycles. The molecule has 33 heavy (non-hydrogen) atoms. The third-order valence-corrected chi connectivity index (χ3v) is 5.07. The van der Waals surface area contributed by atoms with Crippen LogP contribution >= 0.6 is 11.6 Å². The van der Waals surface area contributed by atoms with Gasteiger partial charge in [0.05, 0.1) is 16.8 Å². The Morgan fingerprint density at radius 2 is 1.61 bits per heavy atom. The molecule has 0 aliphatic rings. The van der Waals surface area contributed by atoms with Crippen molar-refractivity contribution in [2.24, 2.45) is 0 Å². The van der Waals surface area contributed by atoms with Crippen molar-refractivity contribution >= 4 is 23.1 Å². The molecule has 166 valence electrons. The first-order valence-electron chi connectivity index (χ1n) is 9.87. The highest BCUT2D eigenvalue weighted by atomic mass is 35.5. The maximum absolute atomic E-state index is 13.0. The Balaban J connectivity index is 1.59. The van der Waals surface area contributed by atoms with Crippen molar-refractivity contribution in [3.63, 3.8) is 0 Å². The van der Waals surface area contributed by atoms with E-state index in [9.17, 15) is 18.0 Å². The van der Waals surface area contributed by atoms with Crippen LogP contribution in [0.4, 0.5) is 18.9 Å². The maximum Gasteiger partial charge on any atom is 0.416 e. The van der Waals surface area contributed by atoms with E-state index in [1.165, 1.54) is 24.4 Å². The first-order chi connectivity index (χ1) is 15.8. The number of carbonyl (C=O) groups is 1. The third-order valence-electron chi connectivity index (χ3n) is 4.82. The van der Waals surface area contributed by atoms with Gasteiger partial charge < -0.3 is 5.32 Å². The van der Waals surface area contributed by atoms with Gasteiger partial charge in [-0.25, -0.2) is 4.68 Å². The van der Waals surface area contributed by atoms with Crippen molar-refractivity contribution < 1.29 is 18.0 Å². The van der Waals surface area contributed by atoms with Crippen LogP contribution in [0.2, 0.25) is 5.02 Å². The van der Waals surface area contributed by atoms with E-state index in [0.29, 0.717) is 22.0 Å². The van der Waals surface area contributed by atoms with E-state index in [4.69, 9.17) is 11.6 Å². The lowest BCUT2D eigenvalue weighted by atomic mass is 10.1. The second-order valence-electron chi connectivity index (χ2n) is 7.10. The summed E-state index contributed by atoms with van der Waals surface area (Å²) >= 11 is 5.99. The van der Waals surface area contributed by atoms with Crippen molar-refractivity contribution in [2.45, 2.75) is 6.18 Å². The molecule has 0 fully saturated rings. The van der Waals surface area contributed by atoms with E-state index in [-0.39, 0.29) is 5.78 Å². The number of rotatable bonds is 6. The van der Waals surface area contributed by atoms with Crippen LogP contribution < -0.4 is 5.32 Å². The average Bonchev–Trinajstić information content (AvgIpc) is 3.25. The number of aromatic nitrogens is 2. The molecule has 4 aromatic rings. The zero-order valence-corrected chi connectivity index (χ0v) is 17.8. The smallest absolute Gasteiger partial charge is 0.362 e. The number of hydrogen-bond acceptors (Lipinski definition) is 3. The molecule has 0 saturated carbocycles. The number of alkyl halides is 3. The predicted octanol–water partition coefficient (Wildman–Crippen LogP) is 7.02. The Morgan fingerprint density at radius 3 is 2.24 bits per heavy atom. The number of benzene rings is 3. The van der Waals surface area contributed by atoms with E-state index >= 15 is 0 Å². The zero-order chi connectivity index (χ0) is 23.4. The van der Waals surface area contributed by atoms with Crippen LogP contribution in [0.15, 0.2) is 97.3 Å². The molecule has 0 spiro atoms. The first-order valence-corrected chi connectivity index (χ1v) is 10.2. The SMILES string of the molecule is O=C(/C=C\Nc1ccc(C(F)(F)F)cc1)c1cn(-c2ccccc2)nc1-c1ccc(Cl)cc1. The molecular weight excluding hydrogens is 451 g/mol. The van der Waals surface area contributed by atoms with E-state index in [1.807, 2.05) is 30.3 Å². The molecule has 0 radical (unpaired) electrons. The number of carbonyl (C=O) groups excluding carboxylic acids is 1. The van der Waals surface area contributed by atoms with Gasteiger partial charge in [0.1, 0.15) is 5.69 Å². The van der Waals surface area contributed by atoms with Crippen LogP contribution in [0.1, 0.15) is 15.9 Å². The number of halogens is 4. The van der Waals surface area contributed by atoms with Gasteiger partial charge in [0, 0.05) is 34.7 Å². The topological polar surface area (TPSA) is 46.9 Å². The highest BCUT2D eigenvalue weighted by molar-refractivity contribution is 6.30. The predicted molar refractivity (Wildman–Crippen MR) is 123 cm³/mol. The summed E-state index contributed by atoms with van der Waals surface area (Å²) in [5.74, 6) is -0.318. The number of ketones is 1. The van der Waals surface area contributed by atoms with Crippen LogP contribution in [-0.4, -0.2) is 15.6 Å². The Hall–Kier alpha value is -3.84. The van der Waals surface area contributed by atoms with Gasteiger partial charge in [0.25, 0.3) is 0 Å². The molecule has 0 amide bonds. The Morgan fingerprint density at radius 1 is 0.939 bits per heavy atom. The molecule has 0 unspecified atom stereocenters. The largest absolute Gasteiger partial charge is 0.416 e. The number of para-hydroxylation sites is 1. The number of nitrogens with one attached hydrogen (secondary N) is 1. The summed E-state index contributed by atoms with van der Waals surface area (Å²) in [6.07, 6.45) is -0.0642. The number of allylic oxidation sites excluding steroid dienone is 1. The van der Waals surface area contributed by atoms with E-state index in [1.54, 1.807) is 35.1 Å². The highest BCUT2D eigenvalue weighted by Gasteiger charge is 2.29. The molecule has 4 rings (SSSR count). The van der Waals surface area contributed by atoms with Crippen LogP contribution in [0.3, 0.4) is 0 Å². The van der Waals surface area contributed by atoms with Gasteiger partial charge in [0.15, 0.2) is 5.78 Å². The minimum atomic E-state index is -4.40. The summed E-state index contributed by atoms with van der Waals surface area (Å²) in [7, 11) is 0. The molecule has 0 aliphatic heterocycles. The Labute approximate surface area is 192 Å². The quantitative estimate of drug-likeness (QED) is 0.245. The minimum absolute atomic E-state index is 0.318. The molecule has 0 atom stereocenters. The molecule has 0 bridgehead atoms. The normalized spacial score (nSPS) is 11.6. The lowest BCUT2D eigenvalue weighted by Gasteiger charge is -2.07. The zero-order valence-electron chi connectivity index (χ0n) is 17.1. The van der Waals surface area contributed by atoms with Crippen molar-refractivity contribution in [1.82, 2.24) is 9.78 Å². The summed E-state index contributed by atoms with van der Waals surface area (Å²) in [6.45, 7) is 0. The van der Waals surface area contributed by atoms with E-state index in [0.717, 1.165) is 23.4 Å². The Bertz CT molecular complexity index is 1280. The molecule has 4 nitrogen and oxygen atoms in total. The van der Waals surface area contributed by atoms with Gasteiger partial charge in [-0.05, 0) is 48.5 Å². The summed E-state index contributed by atoms with van der Waals surface area (Å²) in [5.41, 5.74) is 2.05. The number of nitrogens with zero attached hydrogens (tertiary/aromatic N) is 2. The molecule has 3 aromatic carbocycles. The fourth-order valence-corrected chi connectivity index (χ4v) is 3.27. The minimum Gasteiger partial charge on any atom is -0.362 e. The monoisotopic (exact) mass is 467 g/mol. The highest BCUT2D eigenvalue weighted by Crippen LogP contribution is 2.30. The third kappa shape index (κ3) is 5.32. The summed E-state index contributed by atoms with van der Waals surface area (Å²) in [6, 6.07) is 20.9. The second-order valence-corrected chi connectivity index (χ2v) is 7.53. The molecule has 0 saturated heterocycles. The van der Waals surface area contributed by atoms with Crippen LogP contribution in [-0.2, 0) is 6.18 Å². The van der Waals surface area contributed by atoms with Crippen molar-refractivity contribution in [1.29, 1.82) is 0 Å². The summed E-state index contributed by atoms with van der Waals surface area (Å²) in [5, 5.41) is 7.97. The molecule has 1 N–H and O–H groups in total. The van der Waals surface area contributed by atoms with Crippen molar-refractivity contribution in [3.05, 3.63) is 113 Å². The van der Waals surface area contributed by atoms with Crippen LogP contribution in [0.5, 0.6) is 0 Å². The van der Waals surface area contributed by atoms with E-state index in [2.05, 4.69) is 10.4 Å². The summed E-state index contributed by atoms with van der Waals surface area (Å²) < 4.78 is 39.7. The van der Waals surface area contributed by atoms with Crippen LogP contribution in [0, 0.1) is 0 Å². The van der Waals surface area contributed by atoms with E-state index < -0.39 is 11.7 Å². The molecule has 8 heteroatoms. The molecular formula is C25H17ClF3N3O. The number of anilines is 1. The van der Waals surface area contributed by atoms with Gasteiger partial charge >= 0.3 is 6.18 Å².